The molecule has 104 valence electrons. The fourth-order valence-electron chi connectivity index (χ4n) is 3.27. The Hall–Kier alpha value is -0.970. The number of hydrogen-bond acceptors (Lipinski definition) is 4. The highest BCUT2D eigenvalue weighted by Gasteiger charge is 2.45. The Morgan fingerprint density at radius 2 is 2.05 bits per heavy atom. The van der Waals surface area contributed by atoms with Gasteiger partial charge in [0.15, 0.2) is 11.6 Å². The molecule has 1 aromatic rings. The average Bonchev–Trinajstić information content (AvgIpc) is 2.94. The van der Waals surface area contributed by atoms with Crippen LogP contribution in [0.1, 0.15) is 54.2 Å². The number of carbonyl (C=O) groups is 1. The zero-order chi connectivity index (χ0) is 13.5. The van der Waals surface area contributed by atoms with E-state index in [2.05, 4.69) is 9.88 Å². The largest absolute Gasteiger partial charge is 0.445 e. The third-order valence-corrected chi connectivity index (χ3v) is 5.72. The molecule has 0 atom stereocenters. The molecule has 0 aromatic carbocycles. The van der Waals surface area contributed by atoms with Gasteiger partial charge in [0.2, 0.25) is 0 Å². The lowest BCUT2D eigenvalue weighted by molar-refractivity contribution is 0.0618. The minimum atomic E-state index is 0.0363. The lowest BCUT2D eigenvalue weighted by Crippen LogP contribution is -2.47. The Balaban J connectivity index is 1.88. The highest BCUT2D eigenvalue weighted by molar-refractivity contribution is 8.00. The van der Waals surface area contributed by atoms with Crippen LogP contribution in [-0.2, 0) is 0 Å². The number of amides is 1. The molecular weight excluding hydrogens is 260 g/mol. The summed E-state index contributed by atoms with van der Waals surface area (Å²) in [6.07, 6.45) is 6.01. The second-order valence-corrected chi connectivity index (χ2v) is 6.91. The van der Waals surface area contributed by atoms with Crippen LogP contribution in [0, 0.1) is 13.8 Å². The van der Waals surface area contributed by atoms with Crippen LogP contribution in [0.2, 0.25) is 0 Å². The topological polar surface area (TPSA) is 46.3 Å². The molecule has 3 rings (SSSR count). The predicted octanol–water partition coefficient (Wildman–Crippen LogP) is 3.14. The minimum Gasteiger partial charge on any atom is -0.445 e. The van der Waals surface area contributed by atoms with Crippen molar-refractivity contribution in [2.24, 2.45) is 0 Å². The first kappa shape index (κ1) is 13.0. The monoisotopic (exact) mass is 280 g/mol. The summed E-state index contributed by atoms with van der Waals surface area (Å²) in [7, 11) is 0. The van der Waals surface area contributed by atoms with Crippen molar-refractivity contribution >= 4 is 17.7 Å². The molecule has 1 amide bonds. The first-order valence-corrected chi connectivity index (χ1v) is 8.01. The molecule has 5 heteroatoms. The van der Waals surface area contributed by atoms with Gasteiger partial charge in [-0.05, 0) is 19.8 Å². The van der Waals surface area contributed by atoms with Crippen LogP contribution < -0.4 is 0 Å². The van der Waals surface area contributed by atoms with Gasteiger partial charge in [0.25, 0.3) is 5.91 Å². The summed E-state index contributed by atoms with van der Waals surface area (Å²) in [5.41, 5.74) is 0.505. The maximum absolute atomic E-state index is 12.7. The van der Waals surface area contributed by atoms with Gasteiger partial charge in [-0.1, -0.05) is 19.3 Å². The van der Waals surface area contributed by atoms with Crippen molar-refractivity contribution in [1.82, 2.24) is 9.88 Å². The summed E-state index contributed by atoms with van der Waals surface area (Å²) >= 11 is 1.96. The standard InChI is InChI=1S/C14H20N2O2S/c1-10-12(15-11(2)18-10)13(17)16-8-9-19-14(16)6-4-3-5-7-14/h3-9H2,1-2H3. The van der Waals surface area contributed by atoms with Crippen molar-refractivity contribution in [3.05, 3.63) is 17.3 Å². The Morgan fingerprint density at radius 1 is 1.32 bits per heavy atom. The Bertz CT molecular complexity index is 492. The lowest BCUT2D eigenvalue weighted by Gasteiger charge is -2.40. The molecule has 0 radical (unpaired) electrons. The van der Waals surface area contributed by atoms with Crippen LogP contribution in [-0.4, -0.2) is 33.0 Å². The molecule has 1 aromatic heterocycles. The molecule has 1 aliphatic heterocycles. The Morgan fingerprint density at radius 3 is 2.68 bits per heavy atom. The number of thioether (sulfide) groups is 1. The second-order valence-electron chi connectivity index (χ2n) is 5.45. The molecule has 0 bridgehead atoms. The zero-order valence-corrected chi connectivity index (χ0v) is 12.4. The quantitative estimate of drug-likeness (QED) is 0.793. The van der Waals surface area contributed by atoms with Gasteiger partial charge in [-0.15, -0.1) is 11.8 Å². The van der Waals surface area contributed by atoms with E-state index in [0.29, 0.717) is 17.3 Å². The van der Waals surface area contributed by atoms with Crippen LogP contribution >= 0.6 is 11.8 Å². The predicted molar refractivity (Wildman–Crippen MR) is 75.3 cm³/mol. The number of carbonyl (C=O) groups excluding carboxylic acids is 1. The number of aryl methyl sites for hydroxylation is 2. The zero-order valence-electron chi connectivity index (χ0n) is 11.6. The molecule has 0 N–H and O–H groups in total. The van der Waals surface area contributed by atoms with Gasteiger partial charge in [-0.25, -0.2) is 4.98 Å². The highest BCUT2D eigenvalue weighted by atomic mass is 32.2. The van der Waals surface area contributed by atoms with Crippen molar-refractivity contribution in [2.75, 3.05) is 12.3 Å². The number of oxazole rings is 1. The second kappa shape index (κ2) is 4.85. The summed E-state index contributed by atoms with van der Waals surface area (Å²) in [5, 5.41) is 0. The normalized spacial score (nSPS) is 22.1. The number of hydrogen-bond donors (Lipinski definition) is 0. The van der Waals surface area contributed by atoms with E-state index >= 15 is 0 Å². The van der Waals surface area contributed by atoms with Gasteiger partial charge >= 0.3 is 0 Å². The van der Waals surface area contributed by atoms with Crippen molar-refractivity contribution in [1.29, 1.82) is 0 Å². The van der Waals surface area contributed by atoms with Crippen LogP contribution in [0.4, 0.5) is 0 Å². The molecule has 1 saturated heterocycles. The van der Waals surface area contributed by atoms with Crippen molar-refractivity contribution in [3.8, 4) is 0 Å². The van der Waals surface area contributed by atoms with E-state index in [1.54, 1.807) is 6.92 Å². The molecule has 1 spiro atoms. The number of nitrogens with zero attached hydrogens (tertiary/aromatic N) is 2. The highest BCUT2D eigenvalue weighted by Crippen LogP contribution is 2.47. The lowest BCUT2D eigenvalue weighted by atomic mass is 9.93. The van der Waals surface area contributed by atoms with Gasteiger partial charge in [0.05, 0.1) is 4.87 Å². The number of aromatic nitrogens is 1. The van der Waals surface area contributed by atoms with E-state index in [9.17, 15) is 4.79 Å². The van der Waals surface area contributed by atoms with Gasteiger partial charge in [0.1, 0.15) is 5.76 Å². The summed E-state index contributed by atoms with van der Waals surface area (Å²) in [6.45, 7) is 4.46. The van der Waals surface area contributed by atoms with Gasteiger partial charge < -0.3 is 9.32 Å². The first-order valence-electron chi connectivity index (χ1n) is 7.02. The molecule has 2 aliphatic rings. The molecule has 19 heavy (non-hydrogen) atoms. The average molecular weight is 280 g/mol. The maximum Gasteiger partial charge on any atom is 0.277 e. The SMILES string of the molecule is Cc1nc(C(=O)N2CCSC23CCCCC3)c(C)o1. The number of rotatable bonds is 1. The van der Waals surface area contributed by atoms with Gasteiger partial charge in [-0.3, -0.25) is 4.79 Å². The summed E-state index contributed by atoms with van der Waals surface area (Å²) in [6, 6.07) is 0. The molecule has 1 aliphatic carbocycles. The van der Waals surface area contributed by atoms with Gasteiger partial charge in [-0.2, -0.15) is 0 Å². The first-order chi connectivity index (χ1) is 9.12. The third-order valence-electron chi connectivity index (χ3n) is 4.16. The summed E-state index contributed by atoms with van der Waals surface area (Å²) in [4.78, 5) is 19.1. The van der Waals surface area contributed by atoms with Crippen LogP contribution in [0.15, 0.2) is 4.42 Å². The fraction of sp³-hybridized carbons (Fsp3) is 0.714. The van der Waals surface area contributed by atoms with Crippen molar-refractivity contribution in [2.45, 2.75) is 50.8 Å². The minimum absolute atomic E-state index is 0.0363. The third kappa shape index (κ3) is 2.18. The van der Waals surface area contributed by atoms with Gasteiger partial charge in [0, 0.05) is 19.2 Å². The van der Waals surface area contributed by atoms with E-state index in [1.165, 1.54) is 19.3 Å². The summed E-state index contributed by atoms with van der Waals surface area (Å²) < 4.78 is 5.41. The maximum atomic E-state index is 12.7. The molecule has 2 heterocycles. The molecule has 1 saturated carbocycles. The van der Waals surface area contributed by atoms with E-state index in [1.807, 2.05) is 18.7 Å². The molecule has 0 unspecified atom stereocenters. The van der Waals surface area contributed by atoms with Crippen molar-refractivity contribution in [3.63, 3.8) is 0 Å². The van der Waals surface area contributed by atoms with Crippen molar-refractivity contribution < 1.29 is 9.21 Å². The fourth-order valence-corrected chi connectivity index (χ4v) is 4.83. The Labute approximate surface area is 117 Å². The smallest absolute Gasteiger partial charge is 0.277 e. The van der Waals surface area contributed by atoms with E-state index in [4.69, 9.17) is 4.42 Å². The summed E-state index contributed by atoms with van der Waals surface area (Å²) in [5.74, 6) is 2.32. The van der Waals surface area contributed by atoms with Crippen LogP contribution in [0.25, 0.3) is 0 Å². The Kier molecular flexibility index (Phi) is 3.33. The van der Waals surface area contributed by atoms with E-state index < -0.39 is 0 Å². The molecule has 2 fully saturated rings. The van der Waals surface area contributed by atoms with Crippen LogP contribution in [0.5, 0.6) is 0 Å². The van der Waals surface area contributed by atoms with Crippen LogP contribution in [0.3, 0.4) is 0 Å². The molecule has 4 nitrogen and oxygen atoms in total. The van der Waals surface area contributed by atoms with E-state index in [-0.39, 0.29) is 10.8 Å². The molecular formula is C14H20N2O2S. The van der Waals surface area contributed by atoms with E-state index in [0.717, 1.165) is 25.1 Å².